The number of hydrogen-bond acceptors (Lipinski definition) is 3. The molecule has 0 radical (unpaired) electrons. The molecule has 1 unspecified atom stereocenters. The summed E-state index contributed by atoms with van der Waals surface area (Å²) in [5.41, 5.74) is 9.52. The van der Waals surface area contributed by atoms with Crippen LogP contribution in [0, 0.1) is 0 Å². The molecule has 0 fully saturated rings. The molecule has 0 aliphatic rings. The summed E-state index contributed by atoms with van der Waals surface area (Å²) < 4.78 is 4.73. The molecule has 0 bridgehead atoms. The minimum Gasteiger partial charge on any atom is -0.465 e. The molecule has 0 amide bonds. The second-order valence-corrected chi connectivity index (χ2v) is 4.49. The zero-order valence-corrected chi connectivity index (χ0v) is 11.1. The van der Waals surface area contributed by atoms with Crippen molar-refractivity contribution in [1.82, 2.24) is 0 Å². The van der Waals surface area contributed by atoms with E-state index in [1.54, 1.807) is 6.07 Å². The molecule has 0 aromatic heterocycles. The maximum atomic E-state index is 11.5. The third kappa shape index (κ3) is 3.01. The van der Waals surface area contributed by atoms with Gasteiger partial charge in [0, 0.05) is 6.04 Å². The van der Waals surface area contributed by atoms with Crippen LogP contribution in [0.25, 0.3) is 11.1 Å². The summed E-state index contributed by atoms with van der Waals surface area (Å²) in [6.45, 7) is 1.95. The summed E-state index contributed by atoms with van der Waals surface area (Å²) in [5.74, 6) is -0.329. The van der Waals surface area contributed by atoms with Gasteiger partial charge < -0.3 is 10.5 Å². The lowest BCUT2D eigenvalue weighted by molar-refractivity contribution is 0.0601. The number of methoxy groups -OCH3 is 1. The van der Waals surface area contributed by atoms with Gasteiger partial charge in [-0.25, -0.2) is 4.79 Å². The molecular weight excluding hydrogens is 238 g/mol. The SMILES string of the molecule is COC(=O)c1cccc(-c2cccc(C(C)N)c2)c1. The van der Waals surface area contributed by atoms with Crippen molar-refractivity contribution in [3.8, 4) is 11.1 Å². The van der Waals surface area contributed by atoms with Gasteiger partial charge in [0.1, 0.15) is 0 Å². The molecule has 2 rings (SSSR count). The highest BCUT2D eigenvalue weighted by molar-refractivity contribution is 5.91. The van der Waals surface area contributed by atoms with Gasteiger partial charge in [0.05, 0.1) is 12.7 Å². The first-order valence-electron chi connectivity index (χ1n) is 6.16. The molecule has 0 saturated carbocycles. The molecule has 19 heavy (non-hydrogen) atoms. The van der Waals surface area contributed by atoms with Gasteiger partial charge in [0.15, 0.2) is 0 Å². The largest absolute Gasteiger partial charge is 0.465 e. The van der Waals surface area contributed by atoms with Crippen LogP contribution in [0.5, 0.6) is 0 Å². The average Bonchev–Trinajstić information content (AvgIpc) is 2.46. The molecule has 0 saturated heterocycles. The number of hydrogen-bond donors (Lipinski definition) is 1. The van der Waals surface area contributed by atoms with E-state index in [9.17, 15) is 4.79 Å². The van der Waals surface area contributed by atoms with Crippen LogP contribution in [0.2, 0.25) is 0 Å². The Morgan fingerprint density at radius 3 is 2.37 bits per heavy atom. The predicted molar refractivity (Wildman–Crippen MR) is 75.8 cm³/mol. The lowest BCUT2D eigenvalue weighted by Crippen LogP contribution is -2.04. The molecule has 2 N–H and O–H groups in total. The van der Waals surface area contributed by atoms with Crippen molar-refractivity contribution in [3.05, 3.63) is 59.7 Å². The molecule has 0 aliphatic heterocycles. The van der Waals surface area contributed by atoms with Crippen molar-refractivity contribution in [2.45, 2.75) is 13.0 Å². The second-order valence-electron chi connectivity index (χ2n) is 4.49. The maximum Gasteiger partial charge on any atom is 0.337 e. The van der Waals surface area contributed by atoms with Gasteiger partial charge in [-0.3, -0.25) is 0 Å². The molecule has 0 aliphatic carbocycles. The van der Waals surface area contributed by atoms with E-state index in [0.717, 1.165) is 16.7 Å². The summed E-state index contributed by atoms with van der Waals surface area (Å²) >= 11 is 0. The fraction of sp³-hybridized carbons (Fsp3) is 0.188. The van der Waals surface area contributed by atoms with Gasteiger partial charge >= 0.3 is 5.97 Å². The minimum absolute atomic E-state index is 0.0104. The summed E-state index contributed by atoms with van der Waals surface area (Å²) in [5, 5.41) is 0. The Bertz CT molecular complexity index is 591. The smallest absolute Gasteiger partial charge is 0.337 e. The second kappa shape index (κ2) is 5.67. The minimum atomic E-state index is -0.329. The highest BCUT2D eigenvalue weighted by Gasteiger charge is 2.07. The number of benzene rings is 2. The van der Waals surface area contributed by atoms with Crippen LogP contribution in [-0.4, -0.2) is 13.1 Å². The Morgan fingerprint density at radius 1 is 1.11 bits per heavy atom. The van der Waals surface area contributed by atoms with E-state index in [4.69, 9.17) is 10.5 Å². The Kier molecular flexibility index (Phi) is 3.97. The Morgan fingerprint density at radius 2 is 1.74 bits per heavy atom. The molecule has 2 aromatic rings. The number of carbonyl (C=O) groups excluding carboxylic acids is 1. The normalized spacial score (nSPS) is 11.9. The lowest BCUT2D eigenvalue weighted by atomic mass is 9.99. The average molecular weight is 255 g/mol. The van der Waals surface area contributed by atoms with Crippen molar-refractivity contribution in [1.29, 1.82) is 0 Å². The van der Waals surface area contributed by atoms with Crippen LogP contribution >= 0.6 is 0 Å². The van der Waals surface area contributed by atoms with Gasteiger partial charge in [-0.15, -0.1) is 0 Å². The Labute approximate surface area is 113 Å². The quantitative estimate of drug-likeness (QED) is 0.857. The van der Waals surface area contributed by atoms with Crippen LogP contribution < -0.4 is 5.73 Å². The summed E-state index contributed by atoms with van der Waals surface area (Å²) in [6.07, 6.45) is 0. The van der Waals surface area contributed by atoms with Crippen LogP contribution in [0.3, 0.4) is 0 Å². The van der Waals surface area contributed by atoms with Gasteiger partial charge in [-0.05, 0) is 41.8 Å². The van der Waals surface area contributed by atoms with E-state index in [0.29, 0.717) is 5.56 Å². The van der Waals surface area contributed by atoms with Crippen LogP contribution in [-0.2, 0) is 4.74 Å². The maximum absolute atomic E-state index is 11.5. The molecule has 3 nitrogen and oxygen atoms in total. The molecule has 2 aromatic carbocycles. The zero-order valence-electron chi connectivity index (χ0n) is 11.1. The van der Waals surface area contributed by atoms with E-state index in [2.05, 4.69) is 0 Å². The standard InChI is InChI=1S/C16H17NO2/c1-11(17)12-5-3-6-13(9-12)14-7-4-8-15(10-14)16(18)19-2/h3-11H,17H2,1-2H3. The van der Waals surface area contributed by atoms with Gasteiger partial charge in [-0.2, -0.15) is 0 Å². The first kappa shape index (κ1) is 13.3. The predicted octanol–water partition coefficient (Wildman–Crippen LogP) is 3.16. The molecule has 3 heteroatoms. The van der Waals surface area contributed by atoms with Crippen molar-refractivity contribution in [2.24, 2.45) is 5.73 Å². The van der Waals surface area contributed by atoms with E-state index in [-0.39, 0.29) is 12.0 Å². The topological polar surface area (TPSA) is 52.3 Å². The Balaban J connectivity index is 2.41. The van der Waals surface area contributed by atoms with Crippen molar-refractivity contribution in [3.63, 3.8) is 0 Å². The number of rotatable bonds is 3. The van der Waals surface area contributed by atoms with Gasteiger partial charge in [0.2, 0.25) is 0 Å². The summed E-state index contributed by atoms with van der Waals surface area (Å²) in [4.78, 5) is 11.5. The van der Waals surface area contributed by atoms with E-state index in [1.807, 2.05) is 49.4 Å². The number of nitrogens with two attached hydrogens (primary N) is 1. The molecule has 0 spiro atoms. The van der Waals surface area contributed by atoms with E-state index >= 15 is 0 Å². The Hall–Kier alpha value is -2.13. The van der Waals surface area contributed by atoms with Crippen molar-refractivity contribution < 1.29 is 9.53 Å². The molecule has 98 valence electrons. The summed E-state index contributed by atoms with van der Waals surface area (Å²) in [6, 6.07) is 15.4. The van der Waals surface area contributed by atoms with Crippen molar-refractivity contribution in [2.75, 3.05) is 7.11 Å². The first-order valence-corrected chi connectivity index (χ1v) is 6.16. The summed E-state index contributed by atoms with van der Waals surface area (Å²) in [7, 11) is 1.38. The zero-order chi connectivity index (χ0) is 13.8. The third-order valence-corrected chi connectivity index (χ3v) is 3.03. The molecule has 1 atom stereocenters. The highest BCUT2D eigenvalue weighted by Crippen LogP contribution is 2.23. The lowest BCUT2D eigenvalue weighted by Gasteiger charge is -2.09. The van der Waals surface area contributed by atoms with Gasteiger partial charge in [0.25, 0.3) is 0 Å². The number of carbonyl (C=O) groups is 1. The van der Waals surface area contributed by atoms with Crippen LogP contribution in [0.4, 0.5) is 0 Å². The van der Waals surface area contributed by atoms with Crippen LogP contribution in [0.15, 0.2) is 48.5 Å². The van der Waals surface area contributed by atoms with Crippen molar-refractivity contribution >= 4 is 5.97 Å². The monoisotopic (exact) mass is 255 g/mol. The van der Waals surface area contributed by atoms with Crippen LogP contribution in [0.1, 0.15) is 28.9 Å². The third-order valence-electron chi connectivity index (χ3n) is 3.03. The van der Waals surface area contributed by atoms with E-state index < -0.39 is 0 Å². The van der Waals surface area contributed by atoms with E-state index in [1.165, 1.54) is 7.11 Å². The molecule has 0 heterocycles. The van der Waals surface area contributed by atoms with Gasteiger partial charge in [-0.1, -0.05) is 30.3 Å². The first-order chi connectivity index (χ1) is 9.11. The molecular formula is C16H17NO2. The number of esters is 1. The fourth-order valence-corrected chi connectivity index (χ4v) is 1.95. The highest BCUT2D eigenvalue weighted by atomic mass is 16.5. The number of ether oxygens (including phenoxy) is 1. The fourth-order valence-electron chi connectivity index (χ4n) is 1.95.